The smallest absolute Gasteiger partial charge is 0.340 e. The maximum absolute atomic E-state index is 11.9. The second-order valence-corrected chi connectivity index (χ2v) is 7.22. The van der Waals surface area contributed by atoms with Crippen LogP contribution in [-0.4, -0.2) is 88.0 Å². The summed E-state index contributed by atoms with van der Waals surface area (Å²) >= 11 is 0. The molecule has 0 saturated heterocycles. The molecule has 0 bridgehead atoms. The van der Waals surface area contributed by atoms with Gasteiger partial charge in [0.25, 0.3) is 11.8 Å². The molecule has 39 heavy (non-hydrogen) atoms. The minimum atomic E-state index is -1.29. The average Bonchev–Trinajstić information content (AvgIpc) is 2.91. The van der Waals surface area contributed by atoms with Crippen molar-refractivity contribution in [2.75, 3.05) is 41.7 Å². The van der Waals surface area contributed by atoms with Gasteiger partial charge in [0.2, 0.25) is 0 Å². The molecule has 0 aliphatic carbocycles. The number of methoxy groups -OCH3 is 4. The average molecular weight is 546 g/mol. The van der Waals surface area contributed by atoms with Crippen molar-refractivity contribution in [3.05, 3.63) is 46.5 Å². The lowest BCUT2D eigenvalue weighted by Crippen LogP contribution is -2.28. The first-order valence-electron chi connectivity index (χ1n) is 10.9. The van der Waals surface area contributed by atoms with E-state index >= 15 is 0 Å². The number of benzene rings is 2. The predicted octanol–water partition coefficient (Wildman–Crippen LogP) is 0.734. The number of carbonyl (C=O) groups is 4. The van der Waals surface area contributed by atoms with E-state index in [0.29, 0.717) is 0 Å². The molecule has 4 N–H and O–H groups in total. The number of rotatable bonds is 14. The van der Waals surface area contributed by atoms with Gasteiger partial charge in [-0.15, -0.1) is 0 Å². The molecule has 0 spiro atoms. The van der Waals surface area contributed by atoms with Gasteiger partial charge < -0.3 is 33.9 Å². The molecule has 2 amide bonds. The summed E-state index contributed by atoms with van der Waals surface area (Å²) in [6.07, 6.45) is 2.20. The van der Waals surface area contributed by atoms with Gasteiger partial charge in [0.05, 0.1) is 40.9 Å². The Kier molecular flexibility index (Phi) is 11.2. The van der Waals surface area contributed by atoms with Gasteiger partial charge in [-0.2, -0.15) is 10.2 Å². The highest BCUT2D eigenvalue weighted by atomic mass is 16.5. The first-order valence-corrected chi connectivity index (χ1v) is 10.9. The fraction of sp³-hybridized carbons (Fsp3) is 0.250. The number of carbonyl (C=O) groups excluding carboxylic acids is 2. The predicted molar refractivity (Wildman–Crippen MR) is 135 cm³/mol. The molecule has 0 saturated carbocycles. The zero-order chi connectivity index (χ0) is 28.9. The Labute approximate surface area is 222 Å². The van der Waals surface area contributed by atoms with E-state index in [-0.39, 0.29) is 45.3 Å². The molecule has 2 aromatic rings. The summed E-state index contributed by atoms with van der Waals surface area (Å²) in [6.45, 7) is -1.10. The van der Waals surface area contributed by atoms with E-state index in [2.05, 4.69) is 21.1 Å². The van der Waals surface area contributed by atoms with Crippen molar-refractivity contribution in [3.8, 4) is 23.0 Å². The second kappa shape index (κ2) is 14.5. The van der Waals surface area contributed by atoms with Gasteiger partial charge in [-0.05, 0) is 24.3 Å². The third-order valence-corrected chi connectivity index (χ3v) is 4.84. The van der Waals surface area contributed by atoms with Crippen LogP contribution in [0.1, 0.15) is 31.8 Å². The van der Waals surface area contributed by atoms with Crippen LogP contribution in [-0.2, 0) is 14.3 Å². The number of hydrazone groups is 2. The number of amides is 2. The fourth-order valence-corrected chi connectivity index (χ4v) is 3.19. The Bertz CT molecular complexity index is 1190. The molecule has 0 aromatic heterocycles. The van der Waals surface area contributed by atoms with Crippen molar-refractivity contribution < 1.29 is 53.1 Å². The number of nitrogens with zero attached hydrogens (tertiary/aromatic N) is 2. The van der Waals surface area contributed by atoms with Gasteiger partial charge in [0, 0.05) is 11.1 Å². The minimum absolute atomic E-state index is 0.0115. The lowest BCUT2D eigenvalue weighted by molar-refractivity contribution is -0.130. The topological polar surface area (TPSA) is 204 Å². The molecular formula is C24H26N4O11. The van der Waals surface area contributed by atoms with Crippen LogP contribution in [0.2, 0.25) is 0 Å². The molecule has 15 nitrogen and oxygen atoms in total. The Hall–Kier alpha value is -5.18. The zero-order valence-corrected chi connectivity index (χ0v) is 21.3. The van der Waals surface area contributed by atoms with Crippen molar-refractivity contribution in [3.63, 3.8) is 0 Å². The van der Waals surface area contributed by atoms with E-state index < -0.39 is 37.0 Å². The molecule has 0 aliphatic rings. The summed E-state index contributed by atoms with van der Waals surface area (Å²) in [5.74, 6) is -3.64. The SMILES string of the molecule is COc1ccc(/C=N\NC(=O)COCC(=O)N/N=C/c2ccc(OC)c(OC)c2C(=O)O)c(C(=O)O)c1OC. The van der Waals surface area contributed by atoms with E-state index in [0.717, 1.165) is 12.4 Å². The van der Waals surface area contributed by atoms with Gasteiger partial charge in [-0.25, -0.2) is 20.4 Å². The van der Waals surface area contributed by atoms with Gasteiger partial charge in [-0.1, -0.05) is 0 Å². The van der Waals surface area contributed by atoms with Crippen molar-refractivity contribution in [2.45, 2.75) is 0 Å². The molecule has 0 atom stereocenters. The van der Waals surface area contributed by atoms with Crippen molar-refractivity contribution in [2.24, 2.45) is 10.2 Å². The Balaban J connectivity index is 1.90. The number of carboxylic acid groups (broad SMARTS) is 2. The number of hydrogen-bond donors (Lipinski definition) is 4. The third-order valence-electron chi connectivity index (χ3n) is 4.84. The van der Waals surface area contributed by atoms with Crippen LogP contribution in [0.4, 0.5) is 0 Å². The van der Waals surface area contributed by atoms with Crippen LogP contribution in [0.3, 0.4) is 0 Å². The van der Waals surface area contributed by atoms with Crippen molar-refractivity contribution in [1.82, 2.24) is 10.9 Å². The van der Waals surface area contributed by atoms with E-state index in [1.165, 1.54) is 52.7 Å². The van der Waals surface area contributed by atoms with Gasteiger partial charge in [0.1, 0.15) is 24.3 Å². The monoisotopic (exact) mass is 546 g/mol. The first kappa shape index (κ1) is 30.0. The summed E-state index contributed by atoms with van der Waals surface area (Å²) in [7, 11) is 5.29. The maximum atomic E-state index is 11.9. The van der Waals surface area contributed by atoms with Crippen LogP contribution in [0, 0.1) is 0 Å². The number of ether oxygens (including phenoxy) is 5. The highest BCUT2D eigenvalue weighted by molar-refractivity contribution is 6.02. The molecule has 0 heterocycles. The number of aromatic carboxylic acids is 2. The maximum Gasteiger partial charge on any atom is 0.340 e. The number of carboxylic acids is 2. The quantitative estimate of drug-likeness (QED) is 0.192. The van der Waals surface area contributed by atoms with E-state index in [1.807, 2.05) is 0 Å². The first-order chi connectivity index (χ1) is 18.7. The summed E-state index contributed by atoms with van der Waals surface area (Å²) in [5, 5.41) is 26.4. The molecule has 0 aliphatic heterocycles. The minimum Gasteiger partial charge on any atom is -0.493 e. The molecule has 2 aromatic carbocycles. The molecular weight excluding hydrogens is 520 g/mol. The summed E-state index contributed by atoms with van der Waals surface area (Å²) < 4.78 is 25.3. The molecule has 2 rings (SSSR count). The standard InChI is InChI=1S/C24H26N4O11/c1-35-15-7-5-13(19(23(31)32)21(15)37-3)9-25-27-17(29)11-39-12-18(30)28-26-10-14-6-8-16(36-2)22(38-4)20(14)24(33)34/h5-10H,11-12H2,1-4H3,(H,27,29)(H,28,30)(H,31,32)(H,33,34)/b25-9-,26-10+. The zero-order valence-electron chi connectivity index (χ0n) is 21.3. The Morgan fingerprint density at radius 2 is 1.08 bits per heavy atom. The van der Waals surface area contributed by atoms with Crippen molar-refractivity contribution in [1.29, 1.82) is 0 Å². The van der Waals surface area contributed by atoms with Crippen LogP contribution >= 0.6 is 0 Å². The molecule has 0 fully saturated rings. The molecule has 15 heteroatoms. The van der Waals surface area contributed by atoms with Crippen LogP contribution in [0.15, 0.2) is 34.5 Å². The highest BCUT2D eigenvalue weighted by Crippen LogP contribution is 2.33. The second-order valence-electron chi connectivity index (χ2n) is 7.22. The molecule has 208 valence electrons. The summed E-state index contributed by atoms with van der Waals surface area (Å²) in [4.78, 5) is 47.1. The number of nitrogens with one attached hydrogen (secondary N) is 2. The van der Waals surface area contributed by atoms with Crippen LogP contribution < -0.4 is 29.8 Å². The molecule has 0 radical (unpaired) electrons. The lowest BCUT2D eigenvalue weighted by atomic mass is 10.1. The Morgan fingerprint density at radius 3 is 1.38 bits per heavy atom. The number of hydrogen-bond acceptors (Lipinski definition) is 11. The summed E-state index contributed by atoms with van der Waals surface area (Å²) in [5.41, 5.74) is 4.12. The lowest BCUT2D eigenvalue weighted by Gasteiger charge is -2.12. The molecule has 0 unspecified atom stereocenters. The Morgan fingerprint density at radius 1 is 0.692 bits per heavy atom. The normalized spacial score (nSPS) is 10.8. The van der Waals surface area contributed by atoms with E-state index in [9.17, 15) is 29.4 Å². The summed E-state index contributed by atoms with van der Waals surface area (Å²) in [6, 6.07) is 5.80. The third kappa shape index (κ3) is 7.90. The largest absolute Gasteiger partial charge is 0.493 e. The fourth-order valence-electron chi connectivity index (χ4n) is 3.19. The van der Waals surface area contributed by atoms with Crippen LogP contribution in [0.25, 0.3) is 0 Å². The van der Waals surface area contributed by atoms with Gasteiger partial charge in [0.15, 0.2) is 23.0 Å². The van der Waals surface area contributed by atoms with Gasteiger partial charge in [-0.3, -0.25) is 9.59 Å². The van der Waals surface area contributed by atoms with E-state index in [1.54, 1.807) is 0 Å². The van der Waals surface area contributed by atoms with Crippen molar-refractivity contribution >= 4 is 36.2 Å². The van der Waals surface area contributed by atoms with Gasteiger partial charge >= 0.3 is 11.9 Å². The van der Waals surface area contributed by atoms with E-state index in [4.69, 9.17) is 23.7 Å². The highest BCUT2D eigenvalue weighted by Gasteiger charge is 2.21. The van der Waals surface area contributed by atoms with Crippen LogP contribution in [0.5, 0.6) is 23.0 Å².